The number of anilines is 1. The zero-order valence-electron chi connectivity index (χ0n) is 12.2. The van der Waals surface area contributed by atoms with Crippen molar-refractivity contribution in [2.75, 3.05) is 25.0 Å². The van der Waals surface area contributed by atoms with Gasteiger partial charge in [0.25, 0.3) is 5.91 Å². The van der Waals surface area contributed by atoms with Crippen LogP contribution in [0.5, 0.6) is 0 Å². The largest absolute Gasteiger partial charge is 0.382 e. The summed E-state index contributed by atoms with van der Waals surface area (Å²) in [4.78, 5) is 12.0. The molecule has 1 fully saturated rings. The Hall–Kier alpha value is -1.55. The Morgan fingerprint density at radius 3 is 3.10 bits per heavy atom. The van der Waals surface area contributed by atoms with Gasteiger partial charge in [0.2, 0.25) is 0 Å². The van der Waals surface area contributed by atoms with E-state index in [0.717, 1.165) is 43.7 Å². The summed E-state index contributed by atoms with van der Waals surface area (Å²) in [5.41, 5.74) is 1.77. The number of hydrogen-bond acceptors (Lipinski definition) is 3. The van der Waals surface area contributed by atoms with Crippen molar-refractivity contribution in [3.05, 3.63) is 29.8 Å². The number of rotatable bonds is 5. The Balaban J connectivity index is 1.96. The minimum Gasteiger partial charge on any atom is -0.382 e. The fourth-order valence-corrected chi connectivity index (χ4v) is 2.49. The van der Waals surface area contributed by atoms with E-state index < -0.39 is 0 Å². The fraction of sp³-hybridized carbons (Fsp3) is 0.562. The summed E-state index contributed by atoms with van der Waals surface area (Å²) in [5, 5.41) is 9.88. The molecule has 1 aliphatic rings. The highest BCUT2D eigenvalue weighted by Gasteiger charge is 2.12. The van der Waals surface area contributed by atoms with Gasteiger partial charge >= 0.3 is 0 Å². The van der Waals surface area contributed by atoms with Gasteiger partial charge in [-0.3, -0.25) is 4.79 Å². The van der Waals surface area contributed by atoms with Crippen molar-refractivity contribution in [3.8, 4) is 0 Å². The van der Waals surface area contributed by atoms with Crippen LogP contribution in [0.15, 0.2) is 24.3 Å². The molecule has 1 saturated heterocycles. The molecule has 0 saturated carbocycles. The van der Waals surface area contributed by atoms with Crippen LogP contribution in [0.3, 0.4) is 0 Å². The van der Waals surface area contributed by atoms with Crippen LogP contribution < -0.4 is 16.0 Å². The van der Waals surface area contributed by atoms with E-state index >= 15 is 0 Å². The lowest BCUT2D eigenvalue weighted by Gasteiger charge is -2.17. The minimum absolute atomic E-state index is 0.0121. The first-order valence-electron chi connectivity index (χ1n) is 7.65. The van der Waals surface area contributed by atoms with E-state index in [1.54, 1.807) is 0 Å². The van der Waals surface area contributed by atoms with Gasteiger partial charge in [0.1, 0.15) is 0 Å². The summed E-state index contributed by atoms with van der Waals surface area (Å²) < 4.78 is 0. The molecule has 0 spiro atoms. The van der Waals surface area contributed by atoms with Crippen LogP contribution in [0.2, 0.25) is 0 Å². The molecule has 0 aromatic heterocycles. The van der Waals surface area contributed by atoms with Crippen LogP contribution in [0.4, 0.5) is 5.69 Å². The summed E-state index contributed by atoms with van der Waals surface area (Å²) in [5.74, 6) is 0.0121. The summed E-state index contributed by atoms with van der Waals surface area (Å²) >= 11 is 0. The molecule has 4 nitrogen and oxygen atoms in total. The Labute approximate surface area is 121 Å². The maximum atomic E-state index is 12.0. The van der Waals surface area contributed by atoms with Gasteiger partial charge in [-0.05, 0) is 57.0 Å². The van der Waals surface area contributed by atoms with Gasteiger partial charge in [0.05, 0.1) is 0 Å². The number of carbonyl (C=O) groups excluding carboxylic acids is 1. The molecular formula is C16H25N3O. The van der Waals surface area contributed by atoms with Gasteiger partial charge in [-0.15, -0.1) is 0 Å². The van der Waals surface area contributed by atoms with Crippen molar-refractivity contribution in [1.82, 2.24) is 10.6 Å². The van der Waals surface area contributed by atoms with Crippen molar-refractivity contribution < 1.29 is 4.79 Å². The molecule has 1 amide bonds. The van der Waals surface area contributed by atoms with E-state index in [1.165, 1.54) is 12.8 Å². The molecule has 1 aromatic carbocycles. The second kappa shape index (κ2) is 7.90. The minimum atomic E-state index is 0.0121. The van der Waals surface area contributed by atoms with Gasteiger partial charge in [-0.2, -0.15) is 0 Å². The normalized spacial score (nSPS) is 19.1. The third-order valence-corrected chi connectivity index (χ3v) is 3.61. The molecule has 0 bridgehead atoms. The molecule has 1 heterocycles. The molecule has 4 heteroatoms. The van der Waals surface area contributed by atoms with Crippen LogP contribution in [0, 0.1) is 0 Å². The lowest BCUT2D eigenvalue weighted by atomic mass is 10.1. The van der Waals surface area contributed by atoms with E-state index in [9.17, 15) is 4.79 Å². The molecule has 1 aromatic rings. The fourth-order valence-electron chi connectivity index (χ4n) is 2.49. The SMILES string of the molecule is CCCNC(=O)c1cccc(NC2CCCNCC2)c1. The van der Waals surface area contributed by atoms with Crippen LogP contribution in [0.25, 0.3) is 0 Å². The highest BCUT2D eigenvalue weighted by Crippen LogP contribution is 2.16. The average Bonchev–Trinajstić information content (AvgIpc) is 2.73. The van der Waals surface area contributed by atoms with Crippen molar-refractivity contribution in [3.63, 3.8) is 0 Å². The molecule has 20 heavy (non-hydrogen) atoms. The predicted octanol–water partition coefficient (Wildman–Crippen LogP) is 2.38. The van der Waals surface area contributed by atoms with Crippen molar-refractivity contribution in [1.29, 1.82) is 0 Å². The quantitative estimate of drug-likeness (QED) is 0.773. The maximum absolute atomic E-state index is 12.0. The van der Waals surface area contributed by atoms with Crippen LogP contribution >= 0.6 is 0 Å². The number of nitrogens with one attached hydrogen (secondary N) is 3. The molecule has 1 atom stereocenters. The third-order valence-electron chi connectivity index (χ3n) is 3.61. The molecule has 3 N–H and O–H groups in total. The summed E-state index contributed by atoms with van der Waals surface area (Å²) in [6.45, 7) is 4.95. The van der Waals surface area contributed by atoms with E-state index in [1.807, 2.05) is 24.3 Å². The highest BCUT2D eigenvalue weighted by molar-refractivity contribution is 5.95. The molecule has 110 valence electrons. The van der Waals surface area contributed by atoms with E-state index in [-0.39, 0.29) is 5.91 Å². The third kappa shape index (κ3) is 4.53. The zero-order valence-corrected chi connectivity index (χ0v) is 12.2. The topological polar surface area (TPSA) is 53.2 Å². The summed E-state index contributed by atoms with van der Waals surface area (Å²) in [6, 6.07) is 8.29. The van der Waals surface area contributed by atoms with Crippen molar-refractivity contribution in [2.24, 2.45) is 0 Å². The van der Waals surface area contributed by atoms with E-state index in [4.69, 9.17) is 0 Å². The maximum Gasteiger partial charge on any atom is 0.251 e. The summed E-state index contributed by atoms with van der Waals surface area (Å²) in [6.07, 6.45) is 4.47. The monoisotopic (exact) mass is 275 g/mol. The van der Waals surface area contributed by atoms with Gasteiger partial charge in [-0.1, -0.05) is 13.0 Å². The first-order valence-corrected chi connectivity index (χ1v) is 7.65. The van der Waals surface area contributed by atoms with Crippen LogP contribution in [-0.2, 0) is 0 Å². The number of carbonyl (C=O) groups is 1. The van der Waals surface area contributed by atoms with Gasteiger partial charge < -0.3 is 16.0 Å². The van der Waals surface area contributed by atoms with Gasteiger partial charge in [0.15, 0.2) is 0 Å². The van der Waals surface area contributed by atoms with Crippen LogP contribution in [-0.4, -0.2) is 31.6 Å². The van der Waals surface area contributed by atoms with Crippen molar-refractivity contribution in [2.45, 2.75) is 38.6 Å². The Kier molecular flexibility index (Phi) is 5.87. The number of benzene rings is 1. The standard InChI is InChI=1S/C16H25N3O/c1-2-9-18-16(20)13-5-3-6-15(12-13)19-14-7-4-10-17-11-8-14/h3,5-6,12,14,17,19H,2,4,7-11H2,1H3,(H,18,20). The Bertz CT molecular complexity index is 425. The molecular weight excluding hydrogens is 250 g/mol. The summed E-state index contributed by atoms with van der Waals surface area (Å²) in [7, 11) is 0. The lowest BCUT2D eigenvalue weighted by Crippen LogP contribution is -2.24. The molecule has 1 aliphatic heterocycles. The Morgan fingerprint density at radius 1 is 1.35 bits per heavy atom. The average molecular weight is 275 g/mol. The molecule has 0 aliphatic carbocycles. The second-order valence-corrected chi connectivity index (χ2v) is 5.36. The van der Waals surface area contributed by atoms with Gasteiger partial charge in [0, 0.05) is 23.8 Å². The second-order valence-electron chi connectivity index (χ2n) is 5.36. The zero-order chi connectivity index (χ0) is 14.2. The lowest BCUT2D eigenvalue weighted by molar-refractivity contribution is 0.0953. The molecule has 2 rings (SSSR count). The number of hydrogen-bond donors (Lipinski definition) is 3. The predicted molar refractivity (Wildman–Crippen MR) is 83.2 cm³/mol. The van der Waals surface area contributed by atoms with Crippen LogP contribution in [0.1, 0.15) is 43.0 Å². The Morgan fingerprint density at radius 2 is 2.25 bits per heavy atom. The molecule has 0 radical (unpaired) electrons. The van der Waals surface area contributed by atoms with Crippen molar-refractivity contribution >= 4 is 11.6 Å². The first-order chi connectivity index (χ1) is 9.79. The molecule has 1 unspecified atom stereocenters. The smallest absolute Gasteiger partial charge is 0.251 e. The first kappa shape index (κ1) is 14.9. The van der Waals surface area contributed by atoms with Gasteiger partial charge in [-0.25, -0.2) is 0 Å². The highest BCUT2D eigenvalue weighted by atomic mass is 16.1. The number of amides is 1. The van der Waals surface area contributed by atoms with E-state index in [2.05, 4.69) is 22.9 Å². The van der Waals surface area contributed by atoms with E-state index in [0.29, 0.717) is 6.04 Å².